The molecule has 2 aliphatic heterocycles. The summed E-state index contributed by atoms with van der Waals surface area (Å²) in [5.41, 5.74) is 1.12. The maximum atomic E-state index is 11.6. The van der Waals surface area contributed by atoms with E-state index in [9.17, 15) is 8.42 Å². The number of benzene rings is 1. The summed E-state index contributed by atoms with van der Waals surface area (Å²) in [4.78, 5) is 2.34. The van der Waals surface area contributed by atoms with Gasteiger partial charge in [-0.15, -0.1) is 10.2 Å². The zero-order chi connectivity index (χ0) is 20.3. The molecule has 0 radical (unpaired) electrons. The standard InChI is InChI=1S/C19H24ClN3O4S2/c20-17-4-2-1-3-15(17)10-23-6-7-26-16(11-23)12-28-19-22-21-18(27-19)9-14-5-8-29(24,25)13-14/h1-4,14,16H,5-13H2/t14-,16+/m0/s1. The molecule has 0 saturated carbocycles. The number of ether oxygens (including phenoxy) is 1. The van der Waals surface area contributed by atoms with E-state index in [0.29, 0.717) is 30.6 Å². The van der Waals surface area contributed by atoms with Gasteiger partial charge in [0.25, 0.3) is 5.22 Å². The van der Waals surface area contributed by atoms with Crippen LogP contribution in [0, 0.1) is 5.92 Å². The van der Waals surface area contributed by atoms with E-state index in [1.807, 2.05) is 18.2 Å². The summed E-state index contributed by atoms with van der Waals surface area (Å²) in [5, 5.41) is 9.46. The summed E-state index contributed by atoms with van der Waals surface area (Å²) in [6.45, 7) is 3.18. The molecule has 10 heteroatoms. The van der Waals surface area contributed by atoms with Crippen molar-refractivity contribution >= 4 is 33.2 Å². The van der Waals surface area contributed by atoms with E-state index in [1.54, 1.807) is 0 Å². The van der Waals surface area contributed by atoms with Gasteiger partial charge in [-0.2, -0.15) is 0 Å². The molecule has 0 aliphatic carbocycles. The molecule has 4 rings (SSSR count). The summed E-state index contributed by atoms with van der Waals surface area (Å²) in [6.07, 6.45) is 1.27. The molecule has 3 heterocycles. The van der Waals surface area contributed by atoms with Crippen molar-refractivity contribution in [2.24, 2.45) is 5.92 Å². The Morgan fingerprint density at radius 1 is 1.28 bits per heavy atom. The molecule has 2 saturated heterocycles. The topological polar surface area (TPSA) is 85.5 Å². The minimum Gasteiger partial charge on any atom is -0.416 e. The molecule has 0 amide bonds. The second-order valence-electron chi connectivity index (χ2n) is 7.57. The summed E-state index contributed by atoms with van der Waals surface area (Å²) in [5.74, 6) is 1.79. The SMILES string of the molecule is O=S1(=O)CC[C@@H](Cc2nnc(SC[C@H]3CN(Cc4ccccc4Cl)CCO3)o2)C1. The number of morpholine rings is 1. The van der Waals surface area contributed by atoms with E-state index in [0.717, 1.165) is 36.0 Å². The fraction of sp³-hybridized carbons (Fsp3) is 0.579. The molecule has 1 aromatic heterocycles. The van der Waals surface area contributed by atoms with Crippen molar-refractivity contribution in [3.05, 3.63) is 40.7 Å². The van der Waals surface area contributed by atoms with Crippen molar-refractivity contribution in [1.82, 2.24) is 15.1 Å². The van der Waals surface area contributed by atoms with Gasteiger partial charge in [0.15, 0.2) is 9.84 Å². The van der Waals surface area contributed by atoms with Crippen molar-refractivity contribution in [2.75, 3.05) is 37.0 Å². The fourth-order valence-electron chi connectivity index (χ4n) is 3.72. The van der Waals surface area contributed by atoms with Crippen LogP contribution >= 0.6 is 23.4 Å². The average Bonchev–Trinajstić information content (AvgIpc) is 3.28. The molecule has 2 aliphatic rings. The van der Waals surface area contributed by atoms with Gasteiger partial charge in [0.1, 0.15) is 0 Å². The zero-order valence-electron chi connectivity index (χ0n) is 16.0. The van der Waals surface area contributed by atoms with Crippen LogP contribution in [0.4, 0.5) is 0 Å². The number of thioether (sulfide) groups is 1. The van der Waals surface area contributed by atoms with E-state index in [-0.39, 0.29) is 23.5 Å². The minimum absolute atomic E-state index is 0.0755. The molecular formula is C19H24ClN3O4S2. The number of hydrogen-bond donors (Lipinski definition) is 0. The number of rotatable bonds is 7. The largest absolute Gasteiger partial charge is 0.416 e. The first-order valence-electron chi connectivity index (χ1n) is 9.70. The van der Waals surface area contributed by atoms with E-state index in [4.69, 9.17) is 20.8 Å². The summed E-state index contributed by atoms with van der Waals surface area (Å²) < 4.78 is 34.7. The van der Waals surface area contributed by atoms with Gasteiger partial charge in [0.05, 0.1) is 24.2 Å². The Kier molecular flexibility index (Phi) is 6.80. The second-order valence-corrected chi connectivity index (χ2v) is 11.2. The van der Waals surface area contributed by atoms with Crippen LogP contribution in [-0.2, 0) is 27.5 Å². The predicted octanol–water partition coefficient (Wildman–Crippen LogP) is 2.69. The second kappa shape index (κ2) is 9.34. The van der Waals surface area contributed by atoms with Crippen molar-refractivity contribution in [3.63, 3.8) is 0 Å². The van der Waals surface area contributed by atoms with Crippen LogP contribution in [0.5, 0.6) is 0 Å². The van der Waals surface area contributed by atoms with Crippen LogP contribution in [0.3, 0.4) is 0 Å². The number of nitrogens with zero attached hydrogens (tertiary/aromatic N) is 3. The van der Waals surface area contributed by atoms with Gasteiger partial charge in [0.2, 0.25) is 5.89 Å². The molecule has 2 atom stereocenters. The fourth-order valence-corrected chi connectivity index (χ4v) is 6.56. The van der Waals surface area contributed by atoms with E-state index in [2.05, 4.69) is 21.2 Å². The molecule has 1 aromatic carbocycles. The van der Waals surface area contributed by atoms with Gasteiger partial charge in [-0.25, -0.2) is 8.42 Å². The van der Waals surface area contributed by atoms with Crippen LogP contribution in [-0.4, -0.2) is 66.6 Å². The van der Waals surface area contributed by atoms with Crippen LogP contribution < -0.4 is 0 Å². The smallest absolute Gasteiger partial charge is 0.276 e. The van der Waals surface area contributed by atoms with E-state index >= 15 is 0 Å². The molecule has 29 heavy (non-hydrogen) atoms. The quantitative estimate of drug-likeness (QED) is 0.586. The Labute approximate surface area is 180 Å². The highest BCUT2D eigenvalue weighted by molar-refractivity contribution is 7.99. The normalized spacial score (nSPS) is 24.7. The third-order valence-corrected chi connectivity index (χ3v) is 8.36. The van der Waals surface area contributed by atoms with Gasteiger partial charge >= 0.3 is 0 Å². The minimum atomic E-state index is -2.89. The van der Waals surface area contributed by atoms with Gasteiger partial charge in [-0.1, -0.05) is 41.6 Å². The number of sulfone groups is 1. The van der Waals surface area contributed by atoms with Gasteiger partial charge in [0, 0.05) is 36.8 Å². The Morgan fingerprint density at radius 3 is 2.93 bits per heavy atom. The first kappa shape index (κ1) is 21.1. The molecule has 2 aromatic rings. The lowest BCUT2D eigenvalue weighted by Gasteiger charge is -2.32. The molecule has 2 fully saturated rings. The Hall–Kier alpha value is -1.13. The first-order valence-corrected chi connectivity index (χ1v) is 12.9. The highest BCUT2D eigenvalue weighted by Gasteiger charge is 2.29. The lowest BCUT2D eigenvalue weighted by atomic mass is 10.1. The molecule has 0 bridgehead atoms. The van der Waals surface area contributed by atoms with E-state index in [1.165, 1.54) is 11.8 Å². The van der Waals surface area contributed by atoms with Crippen molar-refractivity contribution < 1.29 is 17.6 Å². The monoisotopic (exact) mass is 457 g/mol. The highest BCUT2D eigenvalue weighted by Crippen LogP contribution is 2.25. The number of hydrogen-bond acceptors (Lipinski definition) is 8. The molecule has 0 N–H and O–H groups in total. The maximum absolute atomic E-state index is 11.6. The van der Waals surface area contributed by atoms with E-state index < -0.39 is 9.84 Å². The maximum Gasteiger partial charge on any atom is 0.276 e. The Balaban J connectivity index is 1.25. The van der Waals surface area contributed by atoms with Gasteiger partial charge in [-0.3, -0.25) is 4.90 Å². The first-order chi connectivity index (χ1) is 14.0. The summed E-state index contributed by atoms with van der Waals surface area (Å²) >= 11 is 7.76. The predicted molar refractivity (Wildman–Crippen MR) is 112 cm³/mol. The third-order valence-electron chi connectivity index (χ3n) is 5.21. The van der Waals surface area contributed by atoms with Crippen LogP contribution in [0.2, 0.25) is 5.02 Å². The number of aromatic nitrogens is 2. The van der Waals surface area contributed by atoms with Crippen molar-refractivity contribution in [3.8, 4) is 0 Å². The molecule has 158 valence electrons. The molecule has 0 unspecified atom stereocenters. The average molecular weight is 458 g/mol. The van der Waals surface area contributed by atoms with Crippen LogP contribution in [0.25, 0.3) is 0 Å². The van der Waals surface area contributed by atoms with Crippen molar-refractivity contribution in [1.29, 1.82) is 0 Å². The van der Waals surface area contributed by atoms with Crippen molar-refractivity contribution in [2.45, 2.75) is 30.7 Å². The summed E-state index contributed by atoms with van der Waals surface area (Å²) in [7, 11) is -2.89. The molecule has 7 nitrogen and oxygen atoms in total. The Morgan fingerprint density at radius 2 is 2.14 bits per heavy atom. The van der Waals surface area contributed by atoms with Gasteiger partial charge < -0.3 is 9.15 Å². The van der Waals surface area contributed by atoms with Crippen LogP contribution in [0.15, 0.2) is 33.9 Å². The third kappa shape index (κ3) is 5.95. The summed E-state index contributed by atoms with van der Waals surface area (Å²) in [6, 6.07) is 7.91. The lowest BCUT2D eigenvalue weighted by Crippen LogP contribution is -2.43. The lowest BCUT2D eigenvalue weighted by molar-refractivity contribution is -0.0187. The van der Waals surface area contributed by atoms with Crippen LogP contribution in [0.1, 0.15) is 17.9 Å². The molecule has 0 spiro atoms. The Bertz CT molecular complexity index is 937. The number of halogens is 1. The zero-order valence-corrected chi connectivity index (χ0v) is 18.4. The highest BCUT2D eigenvalue weighted by atomic mass is 35.5. The molecular weight excluding hydrogens is 434 g/mol. The van der Waals surface area contributed by atoms with Gasteiger partial charge in [-0.05, 0) is 24.0 Å².